The molecule has 0 atom stereocenters. The van der Waals surface area contributed by atoms with E-state index in [0.717, 1.165) is 5.56 Å². The molecule has 0 N–H and O–H groups in total. The molecule has 1 aromatic carbocycles. The largest absolute Gasteiger partial charge is 0.391 e. The molecule has 0 fully saturated rings. The standard InChI is InChI=1S/C10H9N2O/c1-2-12-13-8-10-5-3-4-9(6-10)7-11/h3-6H,8H2,1H3. The van der Waals surface area contributed by atoms with Gasteiger partial charge >= 0.3 is 0 Å². The first-order valence-corrected chi connectivity index (χ1v) is 3.84. The average molecular weight is 173 g/mol. The van der Waals surface area contributed by atoms with Gasteiger partial charge in [0.2, 0.25) is 0 Å². The molecule has 1 aromatic rings. The van der Waals surface area contributed by atoms with Gasteiger partial charge in [0.25, 0.3) is 0 Å². The molecule has 0 aliphatic heterocycles. The maximum atomic E-state index is 8.61. The highest BCUT2D eigenvalue weighted by Crippen LogP contribution is 2.05. The minimum absolute atomic E-state index is 0.371. The highest BCUT2D eigenvalue weighted by atomic mass is 16.6. The normalized spacial score (nSPS) is 9.85. The van der Waals surface area contributed by atoms with Crippen molar-refractivity contribution in [1.82, 2.24) is 0 Å². The van der Waals surface area contributed by atoms with Crippen LogP contribution in [0.25, 0.3) is 0 Å². The van der Waals surface area contributed by atoms with Gasteiger partial charge in [-0.3, -0.25) is 0 Å². The number of rotatable bonds is 3. The lowest BCUT2D eigenvalue weighted by atomic mass is 10.1. The summed E-state index contributed by atoms with van der Waals surface area (Å²) in [5.74, 6) is 0. The van der Waals surface area contributed by atoms with Crippen LogP contribution < -0.4 is 0 Å². The number of hydrogen-bond donors (Lipinski definition) is 0. The van der Waals surface area contributed by atoms with Crippen molar-refractivity contribution in [1.29, 1.82) is 5.26 Å². The van der Waals surface area contributed by atoms with E-state index in [1.54, 1.807) is 19.1 Å². The van der Waals surface area contributed by atoms with Crippen molar-refractivity contribution in [2.24, 2.45) is 5.16 Å². The molecule has 0 aromatic heterocycles. The molecular formula is C10H9N2O. The van der Waals surface area contributed by atoms with Gasteiger partial charge in [-0.15, -0.1) is 0 Å². The number of benzene rings is 1. The molecule has 1 rings (SSSR count). The summed E-state index contributed by atoms with van der Waals surface area (Å²) in [7, 11) is 0. The predicted molar refractivity (Wildman–Crippen MR) is 49.1 cm³/mol. The van der Waals surface area contributed by atoms with Gasteiger partial charge in [-0.2, -0.15) is 5.26 Å². The Morgan fingerprint density at radius 1 is 1.54 bits per heavy atom. The van der Waals surface area contributed by atoms with Crippen LogP contribution in [0.3, 0.4) is 0 Å². The first kappa shape index (κ1) is 9.27. The van der Waals surface area contributed by atoms with Crippen LogP contribution in [0.5, 0.6) is 0 Å². The van der Waals surface area contributed by atoms with E-state index in [1.807, 2.05) is 12.1 Å². The molecule has 0 heterocycles. The molecule has 0 spiro atoms. The lowest BCUT2D eigenvalue weighted by Gasteiger charge is -1.98. The molecular weight excluding hydrogens is 164 g/mol. The Morgan fingerprint density at radius 2 is 2.38 bits per heavy atom. The Hall–Kier alpha value is -1.82. The van der Waals surface area contributed by atoms with Crippen molar-refractivity contribution in [3.05, 3.63) is 35.4 Å². The average Bonchev–Trinajstić information content (AvgIpc) is 2.19. The third kappa shape index (κ3) is 2.96. The summed E-state index contributed by atoms with van der Waals surface area (Å²) in [4.78, 5) is 4.87. The first-order chi connectivity index (χ1) is 6.36. The molecule has 65 valence electrons. The molecule has 13 heavy (non-hydrogen) atoms. The quantitative estimate of drug-likeness (QED) is 0.518. The second-order valence-corrected chi connectivity index (χ2v) is 2.40. The van der Waals surface area contributed by atoms with E-state index in [2.05, 4.69) is 17.4 Å². The molecule has 0 unspecified atom stereocenters. The Balaban J connectivity index is 2.62. The summed E-state index contributed by atoms with van der Waals surface area (Å²) in [5.41, 5.74) is 1.56. The Bertz CT molecular complexity index is 339. The van der Waals surface area contributed by atoms with Crippen LogP contribution in [0, 0.1) is 11.3 Å². The summed E-state index contributed by atoms with van der Waals surface area (Å²) in [5, 5.41) is 12.1. The van der Waals surface area contributed by atoms with Crippen molar-refractivity contribution in [3.63, 3.8) is 0 Å². The third-order valence-electron chi connectivity index (χ3n) is 1.44. The van der Waals surface area contributed by atoms with Gasteiger partial charge < -0.3 is 4.84 Å². The highest BCUT2D eigenvalue weighted by molar-refractivity contribution is 5.52. The number of nitriles is 1. The van der Waals surface area contributed by atoms with Crippen LogP contribution in [0.4, 0.5) is 0 Å². The Labute approximate surface area is 77.2 Å². The smallest absolute Gasteiger partial charge is 0.142 e. The molecule has 0 saturated heterocycles. The van der Waals surface area contributed by atoms with Crippen LogP contribution in [-0.4, -0.2) is 6.21 Å². The van der Waals surface area contributed by atoms with Gasteiger partial charge in [-0.25, -0.2) is 0 Å². The second-order valence-electron chi connectivity index (χ2n) is 2.40. The van der Waals surface area contributed by atoms with E-state index in [4.69, 9.17) is 10.1 Å². The summed E-state index contributed by atoms with van der Waals surface area (Å²) in [6.07, 6.45) is 2.50. The highest BCUT2D eigenvalue weighted by Gasteiger charge is 1.94. The summed E-state index contributed by atoms with van der Waals surface area (Å²) in [6, 6.07) is 9.27. The lowest BCUT2D eigenvalue weighted by molar-refractivity contribution is 0.132. The van der Waals surface area contributed by atoms with Crippen molar-refractivity contribution in [2.45, 2.75) is 13.5 Å². The molecule has 0 aliphatic rings. The Morgan fingerprint density at radius 3 is 3.08 bits per heavy atom. The number of hydrogen-bond acceptors (Lipinski definition) is 3. The summed E-state index contributed by atoms with van der Waals surface area (Å²) in [6.45, 7) is 2.03. The summed E-state index contributed by atoms with van der Waals surface area (Å²) < 4.78 is 0. The van der Waals surface area contributed by atoms with Crippen LogP contribution in [-0.2, 0) is 11.4 Å². The summed E-state index contributed by atoms with van der Waals surface area (Å²) >= 11 is 0. The van der Waals surface area contributed by atoms with Gasteiger partial charge in [-0.1, -0.05) is 17.3 Å². The van der Waals surface area contributed by atoms with E-state index in [1.165, 1.54) is 0 Å². The predicted octanol–water partition coefficient (Wildman–Crippen LogP) is 1.96. The minimum Gasteiger partial charge on any atom is -0.391 e. The van der Waals surface area contributed by atoms with Gasteiger partial charge in [0, 0.05) is 0 Å². The fourth-order valence-corrected chi connectivity index (χ4v) is 0.902. The minimum atomic E-state index is 0.371. The van der Waals surface area contributed by atoms with Gasteiger partial charge in [0.15, 0.2) is 0 Å². The van der Waals surface area contributed by atoms with Crippen LogP contribution >= 0.6 is 0 Å². The first-order valence-electron chi connectivity index (χ1n) is 3.84. The number of nitrogens with zero attached hydrogens (tertiary/aromatic N) is 2. The van der Waals surface area contributed by atoms with Crippen LogP contribution in [0.2, 0.25) is 0 Å². The van der Waals surface area contributed by atoms with E-state index in [9.17, 15) is 0 Å². The molecule has 0 saturated carbocycles. The van der Waals surface area contributed by atoms with E-state index >= 15 is 0 Å². The van der Waals surface area contributed by atoms with E-state index < -0.39 is 0 Å². The van der Waals surface area contributed by atoms with Crippen LogP contribution in [0.1, 0.15) is 18.1 Å². The van der Waals surface area contributed by atoms with E-state index in [-0.39, 0.29) is 0 Å². The zero-order valence-electron chi connectivity index (χ0n) is 7.32. The van der Waals surface area contributed by atoms with Crippen molar-refractivity contribution in [3.8, 4) is 6.07 Å². The molecule has 3 nitrogen and oxygen atoms in total. The van der Waals surface area contributed by atoms with Crippen molar-refractivity contribution in [2.75, 3.05) is 0 Å². The molecule has 3 heteroatoms. The van der Waals surface area contributed by atoms with E-state index in [0.29, 0.717) is 12.2 Å². The lowest BCUT2D eigenvalue weighted by Crippen LogP contribution is -1.87. The van der Waals surface area contributed by atoms with Crippen molar-refractivity contribution < 1.29 is 4.84 Å². The fraction of sp³-hybridized carbons (Fsp3) is 0.200. The van der Waals surface area contributed by atoms with Gasteiger partial charge in [-0.05, 0) is 24.6 Å². The monoisotopic (exact) mass is 173 g/mol. The van der Waals surface area contributed by atoms with Gasteiger partial charge in [0.1, 0.15) is 12.8 Å². The maximum Gasteiger partial charge on any atom is 0.142 e. The van der Waals surface area contributed by atoms with Gasteiger partial charge in [0.05, 0.1) is 11.6 Å². The third-order valence-corrected chi connectivity index (χ3v) is 1.44. The fourth-order valence-electron chi connectivity index (χ4n) is 0.902. The molecule has 0 bridgehead atoms. The topological polar surface area (TPSA) is 45.4 Å². The molecule has 1 radical (unpaired) electrons. The zero-order chi connectivity index (χ0) is 9.52. The zero-order valence-corrected chi connectivity index (χ0v) is 7.32. The van der Waals surface area contributed by atoms with Crippen LogP contribution in [0.15, 0.2) is 29.4 Å². The van der Waals surface area contributed by atoms with Crippen molar-refractivity contribution >= 4 is 6.21 Å². The Kier molecular flexibility index (Phi) is 3.52. The maximum absolute atomic E-state index is 8.61. The molecule has 0 amide bonds. The second kappa shape index (κ2) is 4.94. The SMILES string of the molecule is C/[C]=N\OCc1cccc(C#N)c1. The molecule has 0 aliphatic carbocycles.